The van der Waals surface area contributed by atoms with Gasteiger partial charge in [0.05, 0.1) is 25.5 Å². The minimum atomic E-state index is 0.487. The molecule has 1 aromatic heterocycles. The van der Waals surface area contributed by atoms with Gasteiger partial charge in [0.1, 0.15) is 0 Å². The minimum absolute atomic E-state index is 0.487. The second-order valence-electron chi connectivity index (χ2n) is 7.65. The Morgan fingerprint density at radius 2 is 2.07 bits per heavy atom. The Kier molecular flexibility index (Phi) is 7.52. The van der Waals surface area contributed by atoms with E-state index in [0.29, 0.717) is 18.4 Å². The van der Waals surface area contributed by atoms with E-state index in [9.17, 15) is 0 Å². The third-order valence-corrected chi connectivity index (χ3v) is 5.82. The summed E-state index contributed by atoms with van der Waals surface area (Å²) >= 11 is 0. The normalized spacial score (nSPS) is 22.0. The molecule has 1 unspecified atom stereocenters. The molecule has 7 heteroatoms. The summed E-state index contributed by atoms with van der Waals surface area (Å²) in [7, 11) is 1.85. The molecule has 7 nitrogen and oxygen atoms in total. The number of rotatable bonds is 7. The van der Waals surface area contributed by atoms with Crippen molar-refractivity contribution in [3.63, 3.8) is 0 Å². The topological polar surface area (TPSA) is 66.1 Å². The van der Waals surface area contributed by atoms with Crippen molar-refractivity contribution in [2.24, 2.45) is 10.9 Å². The summed E-state index contributed by atoms with van der Waals surface area (Å²) in [6.45, 7) is 12.2. The second-order valence-corrected chi connectivity index (χ2v) is 7.65. The highest BCUT2D eigenvalue weighted by atomic mass is 16.5. The van der Waals surface area contributed by atoms with Gasteiger partial charge in [0.25, 0.3) is 0 Å². The highest BCUT2D eigenvalue weighted by Crippen LogP contribution is 2.22. The molecule has 27 heavy (non-hydrogen) atoms. The van der Waals surface area contributed by atoms with Gasteiger partial charge < -0.3 is 19.5 Å². The lowest BCUT2D eigenvalue weighted by molar-refractivity contribution is 0.0315. The van der Waals surface area contributed by atoms with Crippen molar-refractivity contribution in [1.29, 1.82) is 0 Å². The van der Waals surface area contributed by atoms with Gasteiger partial charge in [-0.2, -0.15) is 0 Å². The number of morpholine rings is 1. The van der Waals surface area contributed by atoms with Gasteiger partial charge in [0.15, 0.2) is 11.7 Å². The van der Waals surface area contributed by atoms with Crippen molar-refractivity contribution in [2.75, 3.05) is 53.0 Å². The van der Waals surface area contributed by atoms with E-state index in [-0.39, 0.29) is 0 Å². The van der Waals surface area contributed by atoms with Crippen LogP contribution in [0.25, 0.3) is 0 Å². The molecule has 0 radical (unpaired) electrons. The largest absolute Gasteiger partial charge is 0.379 e. The van der Waals surface area contributed by atoms with E-state index in [1.807, 2.05) is 7.05 Å². The van der Waals surface area contributed by atoms with Crippen molar-refractivity contribution < 1.29 is 9.26 Å². The van der Waals surface area contributed by atoms with Gasteiger partial charge in [0, 0.05) is 51.8 Å². The summed E-state index contributed by atoms with van der Waals surface area (Å²) < 4.78 is 11.0. The lowest BCUT2D eigenvalue weighted by atomic mass is 9.99. The molecule has 2 saturated heterocycles. The van der Waals surface area contributed by atoms with Crippen LogP contribution in [0, 0.1) is 5.92 Å². The van der Waals surface area contributed by atoms with Gasteiger partial charge in [0.2, 0.25) is 0 Å². The Morgan fingerprint density at radius 1 is 1.30 bits per heavy atom. The Morgan fingerprint density at radius 3 is 2.78 bits per heavy atom. The predicted molar refractivity (Wildman–Crippen MR) is 107 cm³/mol. The molecule has 0 aromatic carbocycles. The fraction of sp³-hybridized carbons (Fsp3) is 0.800. The van der Waals surface area contributed by atoms with Crippen LogP contribution in [0.15, 0.2) is 15.6 Å². The van der Waals surface area contributed by atoms with Gasteiger partial charge in [-0.15, -0.1) is 0 Å². The minimum Gasteiger partial charge on any atom is -0.379 e. The number of ether oxygens (including phenoxy) is 1. The first-order valence-corrected chi connectivity index (χ1v) is 10.4. The van der Waals surface area contributed by atoms with Crippen LogP contribution in [0.5, 0.6) is 0 Å². The van der Waals surface area contributed by atoms with Gasteiger partial charge in [-0.3, -0.25) is 9.89 Å². The lowest BCUT2D eigenvalue weighted by Gasteiger charge is -2.29. The Balaban J connectivity index is 1.46. The van der Waals surface area contributed by atoms with E-state index in [1.54, 1.807) is 0 Å². The summed E-state index contributed by atoms with van der Waals surface area (Å²) in [6, 6.07) is 2.09. The van der Waals surface area contributed by atoms with Crippen molar-refractivity contribution in [1.82, 2.24) is 20.3 Å². The van der Waals surface area contributed by atoms with Crippen LogP contribution in [0.3, 0.4) is 0 Å². The van der Waals surface area contributed by atoms with Crippen LogP contribution in [0.4, 0.5) is 0 Å². The molecule has 152 valence electrons. The first-order valence-electron chi connectivity index (χ1n) is 10.4. The SMILES string of the molecule is CCC(CC)c1cc(CNC(=NC)N2CCC(CN3CCOCC3)C2)on1. The smallest absolute Gasteiger partial charge is 0.194 e. The Hall–Kier alpha value is -1.60. The lowest BCUT2D eigenvalue weighted by Crippen LogP contribution is -2.42. The maximum atomic E-state index is 5.52. The average molecular weight is 378 g/mol. The van der Waals surface area contributed by atoms with Crippen molar-refractivity contribution in [2.45, 2.75) is 45.6 Å². The number of aliphatic imine (C=N–C) groups is 1. The number of guanidine groups is 1. The molecule has 3 heterocycles. The molecule has 2 aliphatic heterocycles. The summed E-state index contributed by atoms with van der Waals surface area (Å²) in [5.41, 5.74) is 1.07. The van der Waals surface area contributed by atoms with Crippen LogP contribution in [-0.4, -0.2) is 73.9 Å². The fourth-order valence-corrected chi connectivity index (χ4v) is 4.13. The zero-order valence-corrected chi connectivity index (χ0v) is 17.1. The van der Waals surface area contributed by atoms with Gasteiger partial charge in [-0.25, -0.2) is 0 Å². The third-order valence-electron chi connectivity index (χ3n) is 5.82. The van der Waals surface area contributed by atoms with E-state index < -0.39 is 0 Å². The van der Waals surface area contributed by atoms with E-state index in [0.717, 1.165) is 76.2 Å². The number of hydrogen-bond donors (Lipinski definition) is 1. The zero-order valence-electron chi connectivity index (χ0n) is 17.1. The summed E-state index contributed by atoms with van der Waals surface area (Å²) in [6.07, 6.45) is 3.41. The van der Waals surface area contributed by atoms with Crippen LogP contribution >= 0.6 is 0 Å². The molecule has 1 aromatic rings. The number of nitrogens with one attached hydrogen (secondary N) is 1. The highest BCUT2D eigenvalue weighted by Gasteiger charge is 2.27. The van der Waals surface area contributed by atoms with Crippen molar-refractivity contribution in [3.05, 3.63) is 17.5 Å². The quantitative estimate of drug-likeness (QED) is 0.581. The number of hydrogen-bond acceptors (Lipinski definition) is 5. The van der Waals surface area contributed by atoms with E-state index >= 15 is 0 Å². The van der Waals surface area contributed by atoms with Crippen LogP contribution in [0.2, 0.25) is 0 Å². The summed E-state index contributed by atoms with van der Waals surface area (Å²) in [4.78, 5) is 9.37. The standard InChI is InChI=1S/C20H35N5O2/c1-4-17(5-2)19-12-18(27-23-19)13-22-20(21-3)25-7-6-16(15-25)14-24-8-10-26-11-9-24/h12,16-17H,4-11,13-15H2,1-3H3,(H,21,22). The van der Waals surface area contributed by atoms with E-state index in [4.69, 9.17) is 9.26 Å². The Labute approximate surface area is 163 Å². The highest BCUT2D eigenvalue weighted by molar-refractivity contribution is 5.80. The van der Waals surface area contributed by atoms with Gasteiger partial charge in [-0.05, 0) is 25.2 Å². The predicted octanol–water partition coefficient (Wildman–Crippen LogP) is 2.31. The summed E-state index contributed by atoms with van der Waals surface area (Å²) in [5.74, 6) is 3.02. The first-order chi connectivity index (χ1) is 13.2. The van der Waals surface area contributed by atoms with Crippen LogP contribution in [0.1, 0.15) is 50.5 Å². The molecule has 0 aliphatic carbocycles. The molecular weight excluding hydrogens is 342 g/mol. The monoisotopic (exact) mass is 377 g/mol. The molecule has 1 atom stereocenters. The van der Waals surface area contributed by atoms with Gasteiger partial charge in [-0.1, -0.05) is 19.0 Å². The molecule has 3 rings (SSSR count). The number of nitrogens with zero attached hydrogens (tertiary/aromatic N) is 4. The van der Waals surface area contributed by atoms with Crippen LogP contribution < -0.4 is 5.32 Å². The number of likely N-dealkylation sites (tertiary alicyclic amines) is 1. The number of aromatic nitrogens is 1. The molecule has 2 aliphatic rings. The van der Waals surface area contributed by atoms with E-state index in [1.165, 1.54) is 6.42 Å². The molecule has 1 N–H and O–H groups in total. The molecule has 0 spiro atoms. The molecule has 0 amide bonds. The zero-order chi connectivity index (χ0) is 19.1. The molecule has 0 bridgehead atoms. The van der Waals surface area contributed by atoms with E-state index in [2.05, 4.69) is 45.2 Å². The molecular formula is C20H35N5O2. The molecule has 0 saturated carbocycles. The maximum Gasteiger partial charge on any atom is 0.194 e. The maximum absolute atomic E-state index is 5.52. The van der Waals surface area contributed by atoms with Crippen molar-refractivity contribution >= 4 is 5.96 Å². The van der Waals surface area contributed by atoms with Crippen molar-refractivity contribution in [3.8, 4) is 0 Å². The summed E-state index contributed by atoms with van der Waals surface area (Å²) in [5, 5.41) is 7.70. The first kappa shape index (κ1) is 20.1. The average Bonchev–Trinajstić information content (AvgIpc) is 3.35. The molecule has 2 fully saturated rings. The Bertz CT molecular complexity index is 593. The van der Waals surface area contributed by atoms with Crippen LogP contribution in [-0.2, 0) is 11.3 Å². The second kappa shape index (κ2) is 10.1. The van der Waals surface area contributed by atoms with Gasteiger partial charge >= 0.3 is 0 Å². The third kappa shape index (κ3) is 5.45. The fourth-order valence-electron chi connectivity index (χ4n) is 4.13.